The third-order valence-corrected chi connectivity index (χ3v) is 9.90. The van der Waals surface area contributed by atoms with Gasteiger partial charge in [-0.15, -0.1) is 0 Å². The molecule has 0 saturated heterocycles. The van der Waals surface area contributed by atoms with Gasteiger partial charge in [-0.1, -0.05) is 11.6 Å². The number of aliphatic hydroxyl groups is 2. The molecular weight excluding hydrogens is 507 g/mol. The maximum atomic E-state index is 13.7. The van der Waals surface area contributed by atoms with Crippen molar-refractivity contribution in [3.8, 4) is 0 Å². The number of nitrogens with one attached hydrogen (secondary N) is 1. The molecule has 0 aliphatic heterocycles. The predicted octanol–water partition coefficient (Wildman–Crippen LogP) is 4.48. The molecule has 2 unspecified atom stereocenters. The van der Waals surface area contributed by atoms with Crippen LogP contribution in [0.5, 0.6) is 0 Å². The van der Waals surface area contributed by atoms with Crippen LogP contribution >= 0.6 is 11.6 Å². The first kappa shape index (κ1) is 25.9. The summed E-state index contributed by atoms with van der Waals surface area (Å²) in [7, 11) is -3.99. The molecule has 3 N–H and O–H groups in total. The van der Waals surface area contributed by atoms with E-state index in [0.29, 0.717) is 50.7 Å². The number of aliphatic hydroxyl groups excluding tert-OH is 1. The smallest absolute Gasteiger partial charge is 0.255 e. The molecule has 2 saturated carbocycles. The van der Waals surface area contributed by atoms with E-state index in [1.807, 2.05) is 0 Å². The largest absolute Gasteiger partial charge is 0.396 e. The van der Waals surface area contributed by atoms with E-state index in [4.69, 9.17) is 16.7 Å². The van der Waals surface area contributed by atoms with Gasteiger partial charge in [0, 0.05) is 30.0 Å². The Labute approximate surface area is 206 Å². The number of hydrogen-bond acceptors (Lipinski definition) is 5. The number of benzene rings is 2. The number of carbonyl (C=O) groups excluding carboxylic acids is 1. The lowest BCUT2D eigenvalue weighted by atomic mass is 9.75. The Morgan fingerprint density at radius 1 is 1.09 bits per heavy atom. The maximum Gasteiger partial charge on any atom is 0.255 e. The average Bonchev–Trinajstić information content (AvgIpc) is 3.09. The van der Waals surface area contributed by atoms with Crippen LogP contribution in [0.15, 0.2) is 35.2 Å². The van der Waals surface area contributed by atoms with Crippen molar-refractivity contribution in [1.29, 1.82) is 0 Å². The third kappa shape index (κ3) is 5.07. The Hall–Kier alpha value is -2.14. The Morgan fingerprint density at radius 3 is 2.26 bits per heavy atom. The third-order valence-electron chi connectivity index (χ3n) is 7.02. The fraction of sp³-hybridized carbons (Fsp3) is 0.458. The number of hydrogen-bond donors (Lipinski definition) is 3. The van der Waals surface area contributed by atoms with Crippen LogP contribution in [0, 0.1) is 29.3 Å². The van der Waals surface area contributed by atoms with Crippen molar-refractivity contribution < 1.29 is 36.6 Å². The Kier molecular flexibility index (Phi) is 7.21. The summed E-state index contributed by atoms with van der Waals surface area (Å²) in [5, 5.41) is 21.4. The lowest BCUT2D eigenvalue weighted by Gasteiger charge is -2.41. The van der Waals surface area contributed by atoms with Crippen molar-refractivity contribution in [2.75, 3.05) is 11.9 Å². The predicted molar refractivity (Wildman–Crippen MR) is 123 cm³/mol. The highest BCUT2D eigenvalue weighted by Gasteiger charge is 2.54. The molecular formula is C24H25ClF3NO5S. The molecule has 2 atom stereocenters. The van der Waals surface area contributed by atoms with Crippen molar-refractivity contribution in [2.24, 2.45) is 11.8 Å². The molecule has 4 rings (SSSR count). The van der Waals surface area contributed by atoms with E-state index in [1.165, 1.54) is 12.1 Å². The van der Waals surface area contributed by atoms with Gasteiger partial charge in [0.05, 0.1) is 20.8 Å². The Bertz CT molecular complexity index is 1220. The zero-order chi connectivity index (χ0) is 25.5. The lowest BCUT2D eigenvalue weighted by molar-refractivity contribution is -0.0300. The fourth-order valence-corrected chi connectivity index (χ4v) is 8.44. The molecule has 35 heavy (non-hydrogen) atoms. The van der Waals surface area contributed by atoms with Crippen molar-refractivity contribution >= 4 is 33.0 Å². The van der Waals surface area contributed by atoms with Gasteiger partial charge in [-0.05, 0) is 68.6 Å². The first-order valence-electron chi connectivity index (χ1n) is 11.3. The summed E-state index contributed by atoms with van der Waals surface area (Å²) in [6, 6.07) is 4.88. The van der Waals surface area contributed by atoms with Crippen LogP contribution in [0.2, 0.25) is 5.02 Å². The molecule has 0 heterocycles. The highest BCUT2D eigenvalue weighted by Crippen LogP contribution is 2.52. The van der Waals surface area contributed by atoms with E-state index in [1.54, 1.807) is 0 Å². The van der Waals surface area contributed by atoms with Gasteiger partial charge in [0.25, 0.3) is 5.91 Å². The van der Waals surface area contributed by atoms with Gasteiger partial charge in [0.15, 0.2) is 27.3 Å². The number of sulfone groups is 1. The first-order valence-corrected chi connectivity index (χ1v) is 13.2. The molecule has 0 aromatic heterocycles. The molecule has 190 valence electrons. The van der Waals surface area contributed by atoms with Gasteiger partial charge in [-0.25, -0.2) is 21.6 Å². The zero-order valence-electron chi connectivity index (χ0n) is 18.6. The van der Waals surface area contributed by atoms with Crippen molar-refractivity contribution in [2.45, 2.75) is 54.3 Å². The summed E-state index contributed by atoms with van der Waals surface area (Å²) in [6.07, 6.45) is 2.69. The number of rotatable bonds is 7. The molecule has 2 aromatic carbocycles. The average molecular weight is 532 g/mol. The molecule has 2 aliphatic rings. The minimum Gasteiger partial charge on any atom is -0.396 e. The first-order chi connectivity index (χ1) is 16.4. The van der Waals surface area contributed by atoms with Gasteiger partial charge < -0.3 is 15.5 Å². The number of amides is 1. The van der Waals surface area contributed by atoms with E-state index in [-0.39, 0.29) is 39.6 Å². The fourth-order valence-electron chi connectivity index (χ4n) is 5.60. The van der Waals surface area contributed by atoms with Crippen LogP contribution in [0.1, 0.15) is 48.9 Å². The number of halogens is 4. The second-order valence-corrected chi connectivity index (χ2v) is 11.9. The standard InChI is InChI=1S/C24H25ClF3NO5S/c25-17-5-4-13(23(31)29-16-9-18(26)21(28)19(27)10-16)8-20(17)35(33,34)22-14-2-3-15(22)12-24(32,11-14)6-1-7-30/h4-5,8-10,14-15,22,30,32H,1-3,6-7,11-12H2,(H,29,31)/t14?,15?,22-,24-. The van der Waals surface area contributed by atoms with Crippen LogP contribution in [-0.4, -0.2) is 42.0 Å². The minimum absolute atomic E-state index is 0.0545. The molecule has 2 fully saturated rings. The van der Waals surface area contributed by atoms with E-state index < -0.39 is 44.0 Å². The van der Waals surface area contributed by atoms with Crippen LogP contribution < -0.4 is 5.32 Å². The van der Waals surface area contributed by atoms with Crippen LogP contribution in [-0.2, 0) is 9.84 Å². The molecule has 2 aliphatic carbocycles. The molecule has 0 radical (unpaired) electrons. The maximum absolute atomic E-state index is 13.7. The molecule has 2 aromatic rings. The van der Waals surface area contributed by atoms with Crippen molar-refractivity contribution in [3.63, 3.8) is 0 Å². The molecule has 11 heteroatoms. The van der Waals surface area contributed by atoms with Crippen LogP contribution in [0.3, 0.4) is 0 Å². The van der Waals surface area contributed by atoms with Gasteiger partial charge in [-0.2, -0.15) is 0 Å². The van der Waals surface area contributed by atoms with Gasteiger partial charge in [0.2, 0.25) is 0 Å². The molecule has 6 nitrogen and oxygen atoms in total. The lowest BCUT2D eigenvalue weighted by Crippen LogP contribution is -2.46. The molecule has 2 bridgehead atoms. The molecule has 1 amide bonds. The van der Waals surface area contributed by atoms with E-state index in [2.05, 4.69) is 5.32 Å². The van der Waals surface area contributed by atoms with E-state index in [9.17, 15) is 31.5 Å². The summed E-state index contributed by atoms with van der Waals surface area (Å²) in [6.45, 7) is -0.0545. The van der Waals surface area contributed by atoms with Gasteiger partial charge in [0.1, 0.15) is 0 Å². The van der Waals surface area contributed by atoms with Crippen LogP contribution in [0.4, 0.5) is 18.9 Å². The summed E-state index contributed by atoms with van der Waals surface area (Å²) in [4.78, 5) is 12.4. The topological polar surface area (TPSA) is 104 Å². The Morgan fingerprint density at radius 2 is 1.69 bits per heavy atom. The quantitative estimate of drug-likeness (QED) is 0.457. The van der Waals surface area contributed by atoms with Crippen molar-refractivity contribution in [1.82, 2.24) is 0 Å². The number of carbonyl (C=O) groups is 1. The Balaban J connectivity index is 1.59. The van der Waals surface area contributed by atoms with E-state index >= 15 is 0 Å². The van der Waals surface area contributed by atoms with Crippen LogP contribution in [0.25, 0.3) is 0 Å². The summed E-state index contributed by atoms with van der Waals surface area (Å²) in [5.74, 6) is -6.07. The monoisotopic (exact) mass is 531 g/mol. The summed E-state index contributed by atoms with van der Waals surface area (Å²) < 4.78 is 67.5. The number of anilines is 1. The van der Waals surface area contributed by atoms with Gasteiger partial charge in [-0.3, -0.25) is 4.79 Å². The van der Waals surface area contributed by atoms with Crippen molar-refractivity contribution in [3.05, 3.63) is 58.4 Å². The normalized spacial score (nSPS) is 26.1. The summed E-state index contributed by atoms with van der Waals surface area (Å²) >= 11 is 6.24. The summed E-state index contributed by atoms with van der Waals surface area (Å²) in [5.41, 5.74) is -1.47. The second-order valence-electron chi connectivity index (χ2n) is 9.42. The highest BCUT2D eigenvalue weighted by atomic mass is 35.5. The number of fused-ring (bicyclic) bond motifs is 2. The van der Waals surface area contributed by atoms with E-state index in [0.717, 1.165) is 6.07 Å². The SMILES string of the molecule is O=C(Nc1cc(F)c(F)c(F)c1)c1ccc(Cl)c(S(=O)(=O)[C@H]2C3CCC2C[C@](O)(CCCO)C3)c1. The second kappa shape index (κ2) is 9.72. The van der Waals surface area contributed by atoms with Gasteiger partial charge >= 0.3 is 0 Å². The minimum atomic E-state index is -3.99. The molecule has 0 spiro atoms. The highest BCUT2D eigenvalue weighted by molar-refractivity contribution is 7.92. The zero-order valence-corrected chi connectivity index (χ0v) is 20.2.